The van der Waals surface area contributed by atoms with Crippen molar-refractivity contribution in [3.05, 3.63) is 60.3 Å². The van der Waals surface area contributed by atoms with Gasteiger partial charge in [-0.3, -0.25) is 0 Å². The van der Waals surface area contributed by atoms with Crippen molar-refractivity contribution in [2.45, 2.75) is 80.9 Å². The minimum atomic E-state index is -2.43. The topological polar surface area (TPSA) is 12.9 Å². The number of pyridine rings is 1. The summed E-state index contributed by atoms with van der Waals surface area (Å²) in [5.41, 5.74) is 1.56. The Labute approximate surface area is 175 Å². The van der Waals surface area contributed by atoms with Gasteiger partial charge in [-0.05, 0) is 0 Å². The van der Waals surface area contributed by atoms with Crippen LogP contribution < -0.4 is 0 Å². The van der Waals surface area contributed by atoms with Gasteiger partial charge in [0.25, 0.3) is 0 Å². The summed E-state index contributed by atoms with van der Waals surface area (Å²) in [6.07, 6.45) is 10.2. The van der Waals surface area contributed by atoms with E-state index < -0.39 is 18.4 Å². The molecule has 0 aliphatic heterocycles. The Kier molecular flexibility index (Phi) is 10.9. The summed E-state index contributed by atoms with van der Waals surface area (Å²) in [6, 6.07) is 17.8. The molecular weight excluding hydrogens is 453 g/mol. The molecule has 1 unspecified atom stereocenters. The monoisotopic (exact) mass is 491 g/mol. The van der Waals surface area contributed by atoms with Gasteiger partial charge in [-0.15, -0.1) is 0 Å². The minimum absolute atomic E-state index is 0.681. The normalized spacial score (nSPS) is 12.9. The molecule has 1 nitrogen and oxygen atoms in total. The van der Waals surface area contributed by atoms with Crippen molar-refractivity contribution < 1.29 is 0 Å². The molecule has 0 N–H and O–H groups in total. The number of benzene rings is 1. The average Bonchev–Trinajstić information content (AvgIpc) is 2.73. The van der Waals surface area contributed by atoms with Gasteiger partial charge in [0.2, 0.25) is 0 Å². The first kappa shape index (κ1) is 22.8. The van der Waals surface area contributed by atoms with Crippen LogP contribution in [0, 0.1) is 0 Å². The molecule has 3 heteroatoms. The molecule has 0 fully saturated rings. The molecule has 0 saturated carbocycles. The van der Waals surface area contributed by atoms with E-state index in [4.69, 9.17) is 4.98 Å². The summed E-state index contributed by atoms with van der Waals surface area (Å²) in [5.74, 6) is 0. The molecule has 0 amide bonds. The number of nitrogens with zero attached hydrogens (tertiary/aromatic N) is 1. The van der Waals surface area contributed by atoms with E-state index in [2.05, 4.69) is 75.0 Å². The van der Waals surface area contributed by atoms with Crippen molar-refractivity contribution in [2.24, 2.45) is 0 Å². The van der Waals surface area contributed by atoms with Crippen molar-refractivity contribution in [2.75, 3.05) is 0 Å². The number of hydrogen-bond donors (Lipinski definition) is 0. The maximum atomic E-state index is 4.69. The summed E-state index contributed by atoms with van der Waals surface area (Å²) in [4.78, 5) is 4.69. The molecule has 1 heterocycles. The van der Waals surface area contributed by atoms with E-state index in [0.717, 1.165) is 0 Å². The molecule has 0 spiro atoms. The van der Waals surface area contributed by atoms with Crippen LogP contribution in [0.4, 0.5) is 0 Å². The van der Waals surface area contributed by atoms with Gasteiger partial charge in [-0.1, -0.05) is 0 Å². The number of aromatic nitrogens is 1. The fourth-order valence-electron chi connectivity index (χ4n) is 4.07. The maximum absolute atomic E-state index is 4.69. The van der Waals surface area contributed by atoms with Crippen molar-refractivity contribution in [1.29, 1.82) is 0 Å². The third-order valence-corrected chi connectivity index (χ3v) is 26.7. The molecule has 0 radical (unpaired) electrons. The predicted molar refractivity (Wildman–Crippen MR) is 124 cm³/mol. The zero-order valence-corrected chi connectivity index (χ0v) is 21.2. The molecule has 27 heavy (non-hydrogen) atoms. The van der Waals surface area contributed by atoms with Gasteiger partial charge >= 0.3 is 176 Å². The first-order valence-electron chi connectivity index (χ1n) is 10.9. The van der Waals surface area contributed by atoms with E-state index in [0.29, 0.717) is 3.27 Å². The van der Waals surface area contributed by atoms with E-state index in [1.165, 1.54) is 56.9 Å². The molecule has 1 atom stereocenters. The molecule has 2 rings (SSSR count). The fraction of sp³-hybridized carbons (Fsp3) is 0.542. The number of thioether (sulfide) groups is 1. The third kappa shape index (κ3) is 7.12. The van der Waals surface area contributed by atoms with Crippen LogP contribution in [0.15, 0.2) is 59.8 Å². The van der Waals surface area contributed by atoms with Crippen LogP contribution in [-0.4, -0.2) is 23.4 Å². The Bertz CT molecular complexity index is 595. The molecule has 0 bridgehead atoms. The third-order valence-electron chi connectivity index (χ3n) is 5.62. The van der Waals surface area contributed by atoms with Crippen molar-refractivity contribution in [3.8, 4) is 0 Å². The van der Waals surface area contributed by atoms with E-state index >= 15 is 0 Å². The standard InChI is InChI=1S/C12H10NS.3C4H9.Sn/c1-2-6-11(7-3-1)10-14-12-8-4-5-9-13-12;3*1-3-4-2;/h1-10H;3*1,3-4H2,2H3;. The van der Waals surface area contributed by atoms with Crippen LogP contribution in [0.5, 0.6) is 0 Å². The number of hydrogen-bond acceptors (Lipinski definition) is 2. The Hall–Kier alpha value is -0.481. The van der Waals surface area contributed by atoms with E-state index in [1.807, 2.05) is 12.3 Å². The molecule has 2 aromatic rings. The van der Waals surface area contributed by atoms with Crippen LogP contribution in [-0.2, 0) is 0 Å². The molecule has 0 aliphatic rings. The van der Waals surface area contributed by atoms with E-state index in [-0.39, 0.29) is 0 Å². The van der Waals surface area contributed by atoms with Crippen molar-refractivity contribution >= 4 is 30.1 Å². The molecule has 1 aromatic carbocycles. The molecule has 1 aromatic heterocycles. The number of rotatable bonds is 13. The second-order valence-electron chi connectivity index (χ2n) is 7.75. The zero-order valence-electron chi connectivity index (χ0n) is 17.5. The Morgan fingerprint density at radius 3 is 1.81 bits per heavy atom. The average molecular weight is 490 g/mol. The van der Waals surface area contributed by atoms with Crippen molar-refractivity contribution in [3.63, 3.8) is 0 Å². The van der Waals surface area contributed by atoms with Gasteiger partial charge in [0.1, 0.15) is 0 Å². The summed E-state index contributed by atoms with van der Waals surface area (Å²) >= 11 is -0.349. The first-order valence-corrected chi connectivity index (χ1v) is 19.5. The van der Waals surface area contributed by atoms with Gasteiger partial charge < -0.3 is 0 Å². The predicted octanol–water partition coefficient (Wildman–Crippen LogP) is 8.30. The van der Waals surface area contributed by atoms with E-state index in [9.17, 15) is 0 Å². The fourth-order valence-corrected chi connectivity index (χ4v) is 26.7. The van der Waals surface area contributed by atoms with Gasteiger partial charge in [0.15, 0.2) is 0 Å². The zero-order chi connectivity index (χ0) is 19.4. The van der Waals surface area contributed by atoms with Crippen LogP contribution in [0.2, 0.25) is 13.3 Å². The Morgan fingerprint density at radius 1 is 0.778 bits per heavy atom. The van der Waals surface area contributed by atoms with Gasteiger partial charge in [-0.25, -0.2) is 0 Å². The summed E-state index contributed by atoms with van der Waals surface area (Å²) in [7, 11) is 0. The SMILES string of the molecule is CCC[CH2][Sn]([CH2]CCC)([CH2]CCC)[CH](Sc1ccccn1)c1ccccc1. The first-order chi connectivity index (χ1) is 13.3. The van der Waals surface area contributed by atoms with Gasteiger partial charge in [0.05, 0.1) is 0 Å². The molecule has 0 aliphatic carbocycles. The summed E-state index contributed by atoms with van der Waals surface area (Å²) in [5, 5.41) is 1.21. The van der Waals surface area contributed by atoms with Crippen LogP contribution >= 0.6 is 11.8 Å². The second kappa shape index (κ2) is 12.9. The van der Waals surface area contributed by atoms with E-state index in [1.54, 1.807) is 5.56 Å². The summed E-state index contributed by atoms with van der Waals surface area (Å²) < 4.78 is 5.28. The molecular formula is C24H37NSSn. The van der Waals surface area contributed by atoms with Crippen molar-refractivity contribution in [1.82, 2.24) is 4.98 Å². The van der Waals surface area contributed by atoms with Crippen LogP contribution in [0.25, 0.3) is 0 Å². The van der Waals surface area contributed by atoms with Gasteiger partial charge in [0, 0.05) is 0 Å². The molecule has 148 valence electrons. The molecule has 0 saturated heterocycles. The second-order valence-corrected chi connectivity index (χ2v) is 23.8. The van der Waals surface area contributed by atoms with Crippen LogP contribution in [0.1, 0.15) is 68.1 Å². The Balaban J connectivity index is 2.44. The number of unbranched alkanes of at least 4 members (excludes halogenated alkanes) is 3. The quantitative estimate of drug-likeness (QED) is 0.207. The van der Waals surface area contributed by atoms with Crippen LogP contribution in [0.3, 0.4) is 0 Å². The summed E-state index contributed by atoms with van der Waals surface area (Å²) in [6.45, 7) is 7.08. The van der Waals surface area contributed by atoms with Gasteiger partial charge in [-0.2, -0.15) is 0 Å². The Morgan fingerprint density at radius 2 is 1.33 bits per heavy atom.